The minimum Gasteiger partial charge on any atom is -0.327 e. The Hall–Kier alpha value is -1.73. The molecule has 0 N–H and O–H groups in total. The highest BCUT2D eigenvalue weighted by atomic mass is 32.2. The zero-order valence-electron chi connectivity index (χ0n) is 13.0. The molecular formula is C16H18N2O3S2. The molecule has 2 aromatic rings. The van der Waals surface area contributed by atoms with Crippen LogP contribution in [0, 0.1) is 6.92 Å². The monoisotopic (exact) mass is 350 g/mol. The summed E-state index contributed by atoms with van der Waals surface area (Å²) in [6.45, 7) is 1.90. The Kier molecular flexibility index (Phi) is 4.01. The van der Waals surface area contributed by atoms with Crippen LogP contribution in [0.25, 0.3) is 0 Å². The van der Waals surface area contributed by atoms with E-state index in [4.69, 9.17) is 0 Å². The number of carbonyl (C=O) groups is 1. The lowest BCUT2D eigenvalue weighted by atomic mass is 9.83. The first-order valence-corrected chi connectivity index (χ1v) is 9.74. The van der Waals surface area contributed by atoms with Gasteiger partial charge in [0.15, 0.2) is 19.4 Å². The number of hydrogen-bond donors (Lipinski definition) is 0. The van der Waals surface area contributed by atoms with Crippen LogP contribution in [0.1, 0.15) is 24.8 Å². The fourth-order valence-corrected chi connectivity index (χ4v) is 5.44. The van der Waals surface area contributed by atoms with Crippen molar-refractivity contribution in [2.24, 2.45) is 12.0 Å². The number of aryl methyl sites for hydroxylation is 2. The lowest BCUT2D eigenvalue weighted by molar-refractivity contribution is -0.122. The second-order valence-corrected chi connectivity index (χ2v) is 9.01. The number of hydrogen-bond acceptors (Lipinski definition) is 4. The molecule has 122 valence electrons. The molecule has 23 heavy (non-hydrogen) atoms. The minimum atomic E-state index is -3.74. The number of sulfone groups is 1. The van der Waals surface area contributed by atoms with Crippen LogP contribution in [0.4, 0.5) is 0 Å². The molecule has 1 aromatic heterocycles. The highest BCUT2D eigenvalue weighted by Crippen LogP contribution is 2.43. The van der Waals surface area contributed by atoms with Crippen LogP contribution in [0.5, 0.6) is 0 Å². The Morgan fingerprint density at radius 3 is 2.39 bits per heavy atom. The first kappa shape index (κ1) is 16.1. The van der Waals surface area contributed by atoms with Gasteiger partial charge in [0.25, 0.3) is 5.91 Å². The van der Waals surface area contributed by atoms with Gasteiger partial charge in [-0.15, -0.1) is 11.3 Å². The number of aromatic nitrogens is 1. The number of nitrogens with zero attached hydrogens (tertiary/aromatic N) is 2. The zero-order valence-corrected chi connectivity index (χ0v) is 14.7. The second kappa shape index (κ2) is 5.72. The first-order valence-electron chi connectivity index (χ1n) is 7.37. The maximum absolute atomic E-state index is 13.0. The first-order chi connectivity index (χ1) is 10.9. The summed E-state index contributed by atoms with van der Waals surface area (Å²) in [4.78, 5) is 17.5. The Morgan fingerprint density at radius 2 is 1.91 bits per heavy atom. The van der Waals surface area contributed by atoms with Crippen molar-refractivity contribution in [3.8, 4) is 0 Å². The van der Waals surface area contributed by atoms with Gasteiger partial charge in [0.05, 0.1) is 4.90 Å². The van der Waals surface area contributed by atoms with Crippen molar-refractivity contribution >= 4 is 27.1 Å². The van der Waals surface area contributed by atoms with Gasteiger partial charge >= 0.3 is 0 Å². The molecule has 0 unspecified atom stereocenters. The van der Waals surface area contributed by atoms with E-state index in [1.54, 1.807) is 42.1 Å². The van der Waals surface area contributed by atoms with Crippen LogP contribution < -0.4 is 4.80 Å². The predicted octanol–water partition coefficient (Wildman–Crippen LogP) is 2.22. The van der Waals surface area contributed by atoms with E-state index in [1.165, 1.54) is 11.3 Å². The van der Waals surface area contributed by atoms with Crippen molar-refractivity contribution in [2.75, 3.05) is 0 Å². The fraction of sp³-hybridized carbons (Fsp3) is 0.375. The minimum absolute atomic E-state index is 0.196. The Bertz CT molecular complexity index is 901. The number of benzene rings is 1. The topological polar surface area (TPSA) is 68.5 Å². The van der Waals surface area contributed by atoms with E-state index in [1.807, 2.05) is 12.3 Å². The summed E-state index contributed by atoms with van der Waals surface area (Å²) < 4.78 is 26.3. The molecule has 0 spiro atoms. The maximum Gasteiger partial charge on any atom is 0.270 e. The fourth-order valence-electron chi connectivity index (χ4n) is 2.66. The molecular weight excluding hydrogens is 332 g/mol. The Morgan fingerprint density at radius 1 is 1.26 bits per heavy atom. The molecule has 1 amide bonds. The van der Waals surface area contributed by atoms with Crippen molar-refractivity contribution in [3.63, 3.8) is 0 Å². The molecule has 1 aliphatic rings. The normalized spacial score (nSPS) is 17.7. The van der Waals surface area contributed by atoms with Gasteiger partial charge in [-0.2, -0.15) is 4.99 Å². The summed E-state index contributed by atoms with van der Waals surface area (Å²) >= 11 is 1.32. The summed E-state index contributed by atoms with van der Waals surface area (Å²) in [5.74, 6) is -0.553. The van der Waals surface area contributed by atoms with Crippen molar-refractivity contribution in [1.82, 2.24) is 4.57 Å². The van der Waals surface area contributed by atoms with E-state index >= 15 is 0 Å². The van der Waals surface area contributed by atoms with Crippen molar-refractivity contribution in [1.29, 1.82) is 0 Å². The molecule has 1 aliphatic carbocycles. The van der Waals surface area contributed by atoms with Crippen molar-refractivity contribution < 1.29 is 13.2 Å². The van der Waals surface area contributed by atoms with Crippen molar-refractivity contribution in [2.45, 2.75) is 35.8 Å². The molecule has 1 fully saturated rings. The highest BCUT2D eigenvalue weighted by molar-refractivity contribution is 7.93. The van der Waals surface area contributed by atoms with E-state index in [0.29, 0.717) is 17.6 Å². The SMILES string of the molecule is Cc1ccc(S(=O)(=O)C2(C(=O)N=c3sccn3C)CCC2)cc1. The molecule has 1 saturated carbocycles. The number of amides is 1. The van der Waals surface area contributed by atoms with Gasteiger partial charge in [-0.05, 0) is 38.3 Å². The molecule has 0 aliphatic heterocycles. The lowest BCUT2D eigenvalue weighted by Gasteiger charge is -2.37. The van der Waals surface area contributed by atoms with Gasteiger partial charge in [0.1, 0.15) is 0 Å². The largest absolute Gasteiger partial charge is 0.327 e. The molecule has 0 saturated heterocycles. The molecule has 1 heterocycles. The van der Waals surface area contributed by atoms with E-state index in [0.717, 1.165) is 12.0 Å². The standard InChI is InChI=1S/C16H18N2O3S2/c1-12-4-6-13(7-5-12)23(20,21)16(8-3-9-16)14(19)17-15-18(2)10-11-22-15/h4-7,10-11H,3,8-9H2,1-2H3. The molecule has 1 aromatic carbocycles. The van der Waals surface area contributed by atoms with Crippen LogP contribution >= 0.6 is 11.3 Å². The third-order valence-corrected chi connectivity index (χ3v) is 7.71. The number of rotatable bonds is 3. The van der Waals surface area contributed by atoms with Gasteiger partial charge in [-0.3, -0.25) is 4.79 Å². The molecule has 0 atom stereocenters. The van der Waals surface area contributed by atoms with Crippen LogP contribution in [-0.2, 0) is 21.7 Å². The van der Waals surface area contributed by atoms with E-state index in [2.05, 4.69) is 4.99 Å². The van der Waals surface area contributed by atoms with Gasteiger partial charge in [0.2, 0.25) is 0 Å². The summed E-state index contributed by atoms with van der Waals surface area (Å²) in [6.07, 6.45) is 3.18. The summed E-state index contributed by atoms with van der Waals surface area (Å²) in [5.41, 5.74) is 0.980. The summed E-state index contributed by atoms with van der Waals surface area (Å²) in [7, 11) is -1.96. The summed E-state index contributed by atoms with van der Waals surface area (Å²) in [5, 5.41) is 1.81. The van der Waals surface area contributed by atoms with Crippen LogP contribution in [0.3, 0.4) is 0 Å². The zero-order chi connectivity index (χ0) is 16.7. The Balaban J connectivity index is 2.06. The van der Waals surface area contributed by atoms with Crippen molar-refractivity contribution in [3.05, 3.63) is 46.2 Å². The highest BCUT2D eigenvalue weighted by Gasteiger charge is 2.55. The third kappa shape index (κ3) is 2.57. The summed E-state index contributed by atoms with van der Waals surface area (Å²) in [6, 6.07) is 6.65. The van der Waals surface area contributed by atoms with E-state index in [9.17, 15) is 13.2 Å². The second-order valence-electron chi connectivity index (χ2n) is 5.88. The molecule has 7 heteroatoms. The predicted molar refractivity (Wildman–Crippen MR) is 88.8 cm³/mol. The van der Waals surface area contributed by atoms with Gasteiger partial charge in [-0.1, -0.05) is 17.7 Å². The number of carbonyl (C=O) groups excluding carboxylic acids is 1. The quantitative estimate of drug-likeness (QED) is 0.852. The third-order valence-electron chi connectivity index (χ3n) is 4.35. The molecule has 3 rings (SSSR count). The molecule has 0 radical (unpaired) electrons. The van der Waals surface area contributed by atoms with Crippen LogP contribution in [0.15, 0.2) is 45.7 Å². The van der Waals surface area contributed by atoms with Gasteiger partial charge in [0, 0.05) is 18.6 Å². The molecule has 5 nitrogen and oxygen atoms in total. The van der Waals surface area contributed by atoms with E-state index in [-0.39, 0.29) is 4.90 Å². The average molecular weight is 350 g/mol. The number of thiazole rings is 1. The Labute approximate surface area is 139 Å². The van der Waals surface area contributed by atoms with Crippen LogP contribution in [-0.4, -0.2) is 23.6 Å². The van der Waals surface area contributed by atoms with E-state index < -0.39 is 20.5 Å². The van der Waals surface area contributed by atoms with Gasteiger partial charge in [-0.25, -0.2) is 8.42 Å². The maximum atomic E-state index is 13.0. The average Bonchev–Trinajstić information content (AvgIpc) is 2.83. The van der Waals surface area contributed by atoms with Crippen LogP contribution in [0.2, 0.25) is 0 Å². The lowest BCUT2D eigenvalue weighted by Crippen LogP contribution is -2.52. The smallest absolute Gasteiger partial charge is 0.270 e. The van der Waals surface area contributed by atoms with Gasteiger partial charge < -0.3 is 4.57 Å². The molecule has 0 bridgehead atoms.